The molecule has 3 aromatic carbocycles. The summed E-state index contributed by atoms with van der Waals surface area (Å²) in [7, 11) is -3.63. The first kappa shape index (κ1) is 25.7. The molecule has 0 bridgehead atoms. The van der Waals surface area contributed by atoms with Crippen molar-refractivity contribution in [2.75, 3.05) is 26.0 Å². The highest BCUT2D eigenvalue weighted by Gasteiger charge is 2.22. The van der Waals surface area contributed by atoms with Crippen molar-refractivity contribution in [1.82, 2.24) is 5.32 Å². The smallest absolute Gasteiger partial charge is 0.265 e. The van der Waals surface area contributed by atoms with E-state index in [0.29, 0.717) is 41.9 Å². The molecule has 0 fully saturated rings. The Bertz CT molecular complexity index is 1080. The zero-order valence-electron chi connectivity index (χ0n) is 18.7. The van der Waals surface area contributed by atoms with Crippen LogP contribution in [0.2, 0.25) is 0 Å². The van der Waals surface area contributed by atoms with Gasteiger partial charge in [-0.25, -0.2) is 0 Å². The van der Waals surface area contributed by atoms with Crippen LogP contribution < -0.4 is 20.1 Å². The molecule has 0 aliphatic rings. The molecule has 34 heavy (non-hydrogen) atoms. The molecule has 5 N–H and O–H groups in total. The number of aliphatic hydroxyl groups excluding tert-OH is 2. The van der Waals surface area contributed by atoms with Crippen molar-refractivity contribution in [2.24, 2.45) is 0 Å². The molecule has 2 atom stereocenters. The van der Waals surface area contributed by atoms with Crippen LogP contribution in [0.5, 0.6) is 17.2 Å². The number of hydrogen-bond acceptors (Lipinski definition) is 7. The number of aromatic hydroxyl groups is 1. The Morgan fingerprint density at radius 2 is 1.68 bits per heavy atom. The van der Waals surface area contributed by atoms with Crippen LogP contribution in [0.4, 0.5) is 0 Å². The SMILES string of the molecule is O=P(O)(COc1ccccc1)c1ccc(CCNC[C@H](O)COc2ccc(O)c(CO)c2)cc1. The lowest BCUT2D eigenvalue weighted by Crippen LogP contribution is -2.32. The number of nitrogens with one attached hydrogen (secondary N) is 1. The number of para-hydroxylation sites is 1. The highest BCUT2D eigenvalue weighted by atomic mass is 31.2. The van der Waals surface area contributed by atoms with Gasteiger partial charge in [0.05, 0.1) is 6.61 Å². The predicted molar refractivity (Wildman–Crippen MR) is 130 cm³/mol. The number of hydrogen-bond donors (Lipinski definition) is 5. The molecule has 1 unspecified atom stereocenters. The fourth-order valence-electron chi connectivity index (χ4n) is 3.18. The lowest BCUT2D eigenvalue weighted by molar-refractivity contribution is 0.106. The van der Waals surface area contributed by atoms with Gasteiger partial charge in [-0.2, -0.15) is 0 Å². The van der Waals surface area contributed by atoms with E-state index in [1.54, 1.807) is 42.5 Å². The van der Waals surface area contributed by atoms with E-state index >= 15 is 0 Å². The second-order valence-corrected chi connectivity index (χ2v) is 10.00. The van der Waals surface area contributed by atoms with Gasteiger partial charge in [0.2, 0.25) is 0 Å². The van der Waals surface area contributed by atoms with Crippen LogP contribution >= 0.6 is 7.37 Å². The van der Waals surface area contributed by atoms with E-state index in [-0.39, 0.29) is 25.3 Å². The molecule has 3 aromatic rings. The van der Waals surface area contributed by atoms with E-state index < -0.39 is 13.5 Å². The second kappa shape index (κ2) is 12.6. The third kappa shape index (κ3) is 7.87. The number of phenols is 1. The van der Waals surface area contributed by atoms with Crippen LogP contribution in [0.15, 0.2) is 72.8 Å². The van der Waals surface area contributed by atoms with E-state index in [1.807, 2.05) is 18.2 Å². The molecule has 0 aliphatic carbocycles. The summed E-state index contributed by atoms with van der Waals surface area (Å²) in [6.45, 7) is 0.698. The van der Waals surface area contributed by atoms with Crippen LogP contribution in [-0.4, -0.2) is 52.4 Å². The summed E-state index contributed by atoms with van der Waals surface area (Å²) < 4.78 is 23.5. The maximum absolute atomic E-state index is 12.6. The molecule has 8 nitrogen and oxygen atoms in total. The van der Waals surface area contributed by atoms with E-state index in [0.717, 1.165) is 5.56 Å². The number of ether oxygens (including phenoxy) is 2. The molecular weight excluding hydrogens is 457 g/mol. The van der Waals surface area contributed by atoms with Gasteiger partial charge in [-0.3, -0.25) is 4.57 Å². The molecule has 0 aliphatic heterocycles. The highest BCUT2D eigenvalue weighted by Crippen LogP contribution is 2.39. The van der Waals surface area contributed by atoms with Gasteiger partial charge in [-0.1, -0.05) is 30.3 Å². The minimum absolute atomic E-state index is 0.00702. The largest absolute Gasteiger partial charge is 0.508 e. The average molecular weight is 487 g/mol. The van der Waals surface area contributed by atoms with Crippen LogP contribution in [0.3, 0.4) is 0 Å². The zero-order valence-corrected chi connectivity index (χ0v) is 19.6. The molecule has 0 aromatic heterocycles. The van der Waals surface area contributed by atoms with Crippen molar-refractivity contribution in [2.45, 2.75) is 19.1 Å². The van der Waals surface area contributed by atoms with Crippen LogP contribution in [0.25, 0.3) is 0 Å². The Kier molecular flexibility index (Phi) is 9.51. The summed E-state index contributed by atoms with van der Waals surface area (Å²) >= 11 is 0. The maximum Gasteiger partial charge on any atom is 0.265 e. The first-order valence-electron chi connectivity index (χ1n) is 10.9. The van der Waals surface area contributed by atoms with Crippen molar-refractivity contribution in [1.29, 1.82) is 0 Å². The minimum atomic E-state index is -3.63. The van der Waals surface area contributed by atoms with E-state index in [1.165, 1.54) is 12.1 Å². The molecule has 0 spiro atoms. The second-order valence-electron chi connectivity index (χ2n) is 7.82. The summed E-state index contributed by atoms with van der Waals surface area (Å²) in [5.74, 6) is 0.994. The Labute approximate surface area is 198 Å². The van der Waals surface area contributed by atoms with Crippen LogP contribution in [0, 0.1) is 0 Å². The summed E-state index contributed by atoms with van der Waals surface area (Å²) in [6.07, 6.45) is -0.343. The molecule has 9 heteroatoms. The van der Waals surface area contributed by atoms with Gasteiger partial charge in [-0.05, 0) is 61.0 Å². The van der Waals surface area contributed by atoms with Crippen molar-refractivity contribution in [3.63, 3.8) is 0 Å². The normalized spacial score (nSPS) is 13.7. The summed E-state index contributed by atoms with van der Waals surface area (Å²) in [5, 5.41) is 32.3. The van der Waals surface area contributed by atoms with Gasteiger partial charge in [0, 0.05) is 17.4 Å². The number of rotatable bonds is 13. The standard InChI is InChI=1S/C25H30NO7P/c27-16-20-14-23(8-11-25(20)29)32-17-21(28)15-26-13-12-19-6-9-24(10-7-19)34(30,31)18-33-22-4-2-1-3-5-22/h1-11,14,21,26-29H,12-13,15-18H2,(H,30,31)/t21-/m0/s1. The van der Waals surface area contributed by atoms with Gasteiger partial charge in [0.15, 0.2) is 6.35 Å². The van der Waals surface area contributed by atoms with E-state index in [4.69, 9.17) is 9.47 Å². The van der Waals surface area contributed by atoms with Gasteiger partial charge in [0.25, 0.3) is 7.37 Å². The van der Waals surface area contributed by atoms with Gasteiger partial charge in [-0.15, -0.1) is 0 Å². The first-order valence-corrected chi connectivity index (χ1v) is 12.8. The number of benzene rings is 3. The summed E-state index contributed by atoms with van der Waals surface area (Å²) in [5.41, 5.74) is 1.35. The number of aliphatic hydroxyl groups is 2. The van der Waals surface area contributed by atoms with E-state index in [2.05, 4.69) is 5.32 Å². The molecular formula is C25H30NO7P. The Hall–Kier alpha value is -2.87. The molecule has 3 rings (SSSR count). The molecule has 0 amide bonds. The predicted octanol–water partition coefficient (Wildman–Crippen LogP) is 2.39. The monoisotopic (exact) mass is 487 g/mol. The van der Waals surface area contributed by atoms with Gasteiger partial charge < -0.3 is 35.0 Å². The zero-order chi connectivity index (χ0) is 24.4. The Morgan fingerprint density at radius 3 is 2.38 bits per heavy atom. The van der Waals surface area contributed by atoms with Crippen molar-refractivity contribution in [3.05, 3.63) is 83.9 Å². The molecule has 0 radical (unpaired) electrons. The average Bonchev–Trinajstić information content (AvgIpc) is 2.86. The van der Waals surface area contributed by atoms with E-state index in [9.17, 15) is 24.8 Å². The fraction of sp³-hybridized carbons (Fsp3) is 0.280. The third-order valence-electron chi connectivity index (χ3n) is 5.12. The van der Waals surface area contributed by atoms with Gasteiger partial charge in [0.1, 0.15) is 30.0 Å². The van der Waals surface area contributed by atoms with Gasteiger partial charge >= 0.3 is 0 Å². The third-order valence-corrected chi connectivity index (χ3v) is 6.71. The Morgan fingerprint density at radius 1 is 0.941 bits per heavy atom. The molecule has 0 saturated heterocycles. The van der Waals surface area contributed by atoms with Crippen molar-refractivity contribution >= 4 is 12.7 Å². The maximum atomic E-state index is 12.6. The first-order chi connectivity index (χ1) is 16.4. The van der Waals surface area contributed by atoms with Crippen LogP contribution in [-0.2, 0) is 17.6 Å². The van der Waals surface area contributed by atoms with Crippen LogP contribution in [0.1, 0.15) is 11.1 Å². The Balaban J connectivity index is 1.37. The highest BCUT2D eigenvalue weighted by molar-refractivity contribution is 7.65. The lowest BCUT2D eigenvalue weighted by atomic mass is 10.1. The lowest BCUT2D eigenvalue weighted by Gasteiger charge is -2.15. The topological polar surface area (TPSA) is 128 Å². The summed E-state index contributed by atoms with van der Waals surface area (Å²) in [6, 6.07) is 20.4. The molecule has 182 valence electrons. The summed E-state index contributed by atoms with van der Waals surface area (Å²) in [4.78, 5) is 10.3. The minimum Gasteiger partial charge on any atom is -0.508 e. The fourth-order valence-corrected chi connectivity index (χ4v) is 4.27. The van der Waals surface area contributed by atoms with Crippen molar-refractivity contribution in [3.8, 4) is 17.2 Å². The molecule has 0 saturated carbocycles. The quantitative estimate of drug-likeness (QED) is 0.184. The van der Waals surface area contributed by atoms with Crippen molar-refractivity contribution < 1.29 is 34.3 Å². The molecule has 0 heterocycles.